The number of carbonyl (C=O) groups is 8. The van der Waals surface area contributed by atoms with Crippen LogP contribution in [-0.4, -0.2) is 312 Å². The number of amides is 7. The molecular weight excluding hydrogens is 2130 g/mol. The first-order chi connectivity index (χ1) is 66.2. The molecular formula is C95H121BF3K2N11O26SU. The number of halogens is 3. The van der Waals surface area contributed by atoms with E-state index in [9.17, 15) is 70.5 Å². The molecule has 0 aromatic heterocycles. The minimum atomic E-state index is -4.58. The van der Waals surface area contributed by atoms with E-state index >= 15 is 0 Å². The van der Waals surface area contributed by atoms with Crippen LogP contribution in [0.3, 0.4) is 0 Å². The second kappa shape index (κ2) is 63.9. The van der Waals surface area contributed by atoms with Crippen molar-refractivity contribution in [3.8, 4) is 0 Å². The summed E-state index contributed by atoms with van der Waals surface area (Å²) in [7, 11) is 0.226. The van der Waals surface area contributed by atoms with Gasteiger partial charge < -0.3 is 126 Å². The fourth-order valence-electron chi connectivity index (χ4n) is 14.3. The molecule has 37 nitrogen and oxygen atoms in total. The number of rotatable bonds is 17. The third kappa shape index (κ3) is 43.8. The number of nitrogens with zero attached hydrogens (tertiary/aromatic N) is 8. The van der Waals surface area contributed by atoms with Crippen molar-refractivity contribution in [2.45, 2.75) is 140 Å². The molecule has 14 atom stereocenters. The third-order valence-corrected chi connectivity index (χ3v) is 22.8. The van der Waals surface area contributed by atoms with Crippen LogP contribution in [-0.2, 0) is 113 Å². The molecule has 0 aliphatic carbocycles. The number of aliphatic imine (C=N–C) groups is 1. The zero-order valence-corrected chi connectivity index (χ0v) is 90.1. The van der Waals surface area contributed by atoms with Gasteiger partial charge in [-0.1, -0.05) is 245 Å². The minimum absolute atomic E-state index is 0. The molecule has 0 bridgehead atoms. The SMILES string of the molecule is C[C@H]1CN(C(=O)OCc2ccccc2)C[C@@H]1O.C[C@H]1CN(C(=O)OCc2ccccc2)C[C@@H]1OS(C)(=O)=O.C[C@H]1CNC[C@H]1O.N[C@H]1CN(C(=O)OCc2ccccc2)C[C@@H]1O.N[C@H]1CN(C(=O)OCc2ccccc2)C[C@H]1O.O=C(OCc1ccccc1)N1CC2N=C(C(F)(F)F)O[C@@H]2C1.O=C(OCc1ccccc1)N1CC=CC1.O=C(OCc1ccccc1)N1C[C@@H]2O[C@@H]2C1.O=CO[O-].[2H][B].[H-].[K+].[K+].[U]. The molecule has 10 aliphatic heterocycles. The van der Waals surface area contributed by atoms with Gasteiger partial charge in [0, 0.05) is 104 Å². The van der Waals surface area contributed by atoms with Gasteiger partial charge >= 0.3 is 152 Å². The maximum atomic E-state index is 12.5. The van der Waals surface area contributed by atoms with Crippen molar-refractivity contribution in [1.29, 1.82) is 1.34 Å². The van der Waals surface area contributed by atoms with Gasteiger partial charge in [-0.05, 0) is 46.2 Å². The number of nitrogens with one attached hydrogen (secondary N) is 1. The number of epoxide rings is 1. The number of hydrogen-bond donors (Lipinski definition) is 7. The van der Waals surface area contributed by atoms with Crippen LogP contribution < -0.4 is 125 Å². The van der Waals surface area contributed by atoms with E-state index in [1.54, 1.807) is 14.7 Å². The molecule has 45 heteroatoms. The van der Waals surface area contributed by atoms with E-state index in [2.05, 4.69) is 23.6 Å². The number of aliphatic hydroxyl groups excluding tert-OH is 4. The third-order valence-electron chi connectivity index (χ3n) is 22.2. The van der Waals surface area contributed by atoms with Gasteiger partial charge in [0.25, 0.3) is 22.5 Å². The van der Waals surface area contributed by atoms with Gasteiger partial charge in [-0.2, -0.15) is 21.6 Å². The summed E-state index contributed by atoms with van der Waals surface area (Å²) in [6, 6.07) is 64.9. The van der Waals surface area contributed by atoms with Crippen LogP contribution in [0.1, 0.15) is 61.1 Å². The molecule has 0 spiro atoms. The average molecular weight is 2250 g/mol. The molecule has 10 heterocycles. The molecule has 1 unspecified atom stereocenters. The Labute approximate surface area is 926 Å². The molecule has 8 saturated heterocycles. The number of β-amino-alcohol motifs (C(OH)–C–C–N with tert-alkyl or cyclic N) is 4. The van der Waals surface area contributed by atoms with Gasteiger partial charge in [-0.15, -0.1) is 0 Å². The summed E-state index contributed by atoms with van der Waals surface area (Å²) < 4.78 is 116. The quantitative estimate of drug-likeness (QED) is 0.00989. The van der Waals surface area contributed by atoms with E-state index in [1.807, 2.05) is 245 Å². The molecule has 10 aliphatic rings. The number of likely N-dealkylation sites (tertiary alicyclic amines) is 6. The Morgan fingerprint density at radius 1 is 0.443 bits per heavy atom. The number of alkyl halides is 3. The van der Waals surface area contributed by atoms with Crippen molar-refractivity contribution in [2.24, 2.45) is 34.2 Å². The van der Waals surface area contributed by atoms with Crippen LogP contribution >= 0.6 is 0 Å². The molecule has 2 radical (unpaired) electrons. The second-order valence-corrected chi connectivity index (χ2v) is 34.8. The van der Waals surface area contributed by atoms with Crippen molar-refractivity contribution >= 4 is 73.5 Å². The van der Waals surface area contributed by atoms with E-state index in [-0.39, 0.29) is 268 Å². The first-order valence-electron chi connectivity index (χ1n) is 44.6. The summed E-state index contributed by atoms with van der Waals surface area (Å²) in [4.78, 5) is 107. The van der Waals surface area contributed by atoms with Gasteiger partial charge in [0.1, 0.15) is 70.6 Å². The van der Waals surface area contributed by atoms with E-state index in [1.165, 1.54) is 19.6 Å². The molecule has 7 aromatic carbocycles. The number of hydrogen-bond acceptors (Lipinski definition) is 30. The summed E-state index contributed by atoms with van der Waals surface area (Å²) >= 11 is 0. The monoisotopic (exact) mass is 2250 g/mol. The summed E-state index contributed by atoms with van der Waals surface area (Å²) in [6.45, 7) is 14.7. The number of carbonyl (C=O) groups excluding carboxylic acids is 8. The maximum absolute atomic E-state index is 12.5. The number of fused-ring (bicyclic) bond motifs is 2. The predicted octanol–water partition coefficient (Wildman–Crippen LogP) is 1.37. The summed E-state index contributed by atoms with van der Waals surface area (Å²) in [5, 5.41) is 48.8. The van der Waals surface area contributed by atoms with E-state index in [0.29, 0.717) is 78.0 Å². The molecule has 8 fully saturated rings. The topological polar surface area (TPSA) is 479 Å². The van der Waals surface area contributed by atoms with Crippen LogP contribution in [0.4, 0.5) is 46.7 Å². The van der Waals surface area contributed by atoms with Crippen molar-refractivity contribution in [1.82, 2.24) is 39.6 Å². The Morgan fingerprint density at radius 3 is 0.971 bits per heavy atom. The number of benzene rings is 7. The van der Waals surface area contributed by atoms with Crippen molar-refractivity contribution < 1.29 is 273 Å². The number of ether oxygens (including phenoxy) is 9. The van der Waals surface area contributed by atoms with Gasteiger partial charge in [-0.3, -0.25) is 8.98 Å². The maximum Gasteiger partial charge on any atom is 1.00 e. The largest absolute Gasteiger partial charge is 1.00 e. The molecule has 9 N–H and O–H groups in total. The van der Waals surface area contributed by atoms with Crippen LogP contribution in [0.15, 0.2) is 229 Å². The van der Waals surface area contributed by atoms with Crippen LogP contribution in [0, 0.1) is 48.9 Å². The summed E-state index contributed by atoms with van der Waals surface area (Å²) in [6.07, 6.45) is -4.93. The normalized spacial score (nSPS) is 22.6. The first kappa shape index (κ1) is 121. The Kier molecular flexibility index (Phi) is 55.0. The molecule has 7 amide bonds. The van der Waals surface area contributed by atoms with Crippen molar-refractivity contribution in [2.75, 3.05) is 111 Å². The van der Waals surface area contributed by atoms with Gasteiger partial charge in [0.05, 0.1) is 101 Å². The van der Waals surface area contributed by atoms with Crippen molar-refractivity contribution in [3.63, 3.8) is 0 Å². The zero-order chi connectivity index (χ0) is 100. The summed E-state index contributed by atoms with van der Waals surface area (Å²) in [5.41, 5.74) is 17.8. The number of nitrogens with two attached hydrogens (primary N) is 2. The molecule has 17 rings (SSSR count). The molecule has 0 saturated carbocycles. The van der Waals surface area contributed by atoms with E-state index < -0.39 is 83.1 Å². The first-order valence-corrected chi connectivity index (χ1v) is 45.9. The Hall–Kier alpha value is -8.16. The minimum Gasteiger partial charge on any atom is -1.00 e. The average Bonchev–Trinajstić information content (AvgIpc) is 1.63. The Bertz CT molecular complexity index is 4810. The molecule has 748 valence electrons. The fourth-order valence-corrected chi connectivity index (χ4v) is 15.0. The Morgan fingerprint density at radius 2 is 0.721 bits per heavy atom. The Balaban J connectivity index is 0.000000337. The smallest absolute Gasteiger partial charge is 1.00 e. The number of morpholine rings is 1. The second-order valence-electron chi connectivity index (χ2n) is 33.2. The van der Waals surface area contributed by atoms with E-state index in [0.717, 1.165) is 58.3 Å². The van der Waals surface area contributed by atoms with Gasteiger partial charge in [-0.25, -0.2) is 38.6 Å². The molecule has 7 aromatic rings. The summed E-state index contributed by atoms with van der Waals surface area (Å²) in [5.74, 6) is -0.678. The fraction of sp³-hybridized carbons (Fsp3) is 0.442. The van der Waals surface area contributed by atoms with Crippen LogP contribution in [0.2, 0.25) is 0 Å². The molecule has 140 heavy (non-hydrogen) atoms. The van der Waals surface area contributed by atoms with Crippen LogP contribution in [0.25, 0.3) is 0 Å². The van der Waals surface area contributed by atoms with E-state index in [4.69, 9.17) is 74.8 Å². The standard InChI is InChI=1S/C14H13F3N2O3.C14H19NO5S.C13H17NO3.2C12H16N2O3.C12H13NO3.C12H13NO2.C5H11NO.CH2O3.BH.2K.U.H/c15-14(16,17)12-18-10-6-19(7-11(10)22-12)13(20)21-8-9-4-2-1-3-5-9;1-11-8-15(9-13(11)20-21(2,17)18)14(16)19-10-12-6-4-3-5-7-12;1-10-7-14(8-12(10)15)13(16)17-9-11-5-3-2-4-6-11;2*13-10-6-14(7-11(10)15)12(16)17-8-9-4-2-1-3-5-9;14-12(13-6-10-11(7-13)16-10)15-8-9-4-2-1-3-5-9;14-12(13-8-4-5-9-13)15-10-11-6-2-1-3-7-11;1-4-2-6-3-5(4)7;2-1-4-3;;;;;/h1-5,10-11H,6-8H2;3-7,11,13H,8-10H2,1-2H3;2-6,10,12,15H,7-9H2,1H3;2*1-5,10-11,15H,6-8,13H2;1-5,10-11H,6-8H2;1-7H,8-10H2;4-7H,2-3H2,1H3;1,3H;1H;;;;/q;;;;;;;;;;2*+1;;-1/p-1/t10?,11-;11-,13-;10-,12-;10-,11+;10-,11-;10-,11+;;4-,5+;;;;;;/m10000..0....../s1/i;;;;;;;;;1D;;;;. The van der Waals surface area contributed by atoms with Gasteiger partial charge in [0.2, 0.25) is 0 Å². The van der Waals surface area contributed by atoms with Crippen LogP contribution in [0.5, 0.6) is 0 Å². The zero-order valence-electron chi connectivity index (χ0n) is 80.9. The predicted molar refractivity (Wildman–Crippen MR) is 493 cm³/mol. The van der Waals surface area contributed by atoms with Crippen molar-refractivity contribution in [3.05, 3.63) is 263 Å². The van der Waals surface area contributed by atoms with Gasteiger partial charge in [0.15, 0.2) is 0 Å². The number of aliphatic hydroxyl groups is 4.